The maximum atomic E-state index is 12.4. The fourth-order valence-corrected chi connectivity index (χ4v) is 4.76. The van der Waals surface area contributed by atoms with Gasteiger partial charge in [0.1, 0.15) is 5.54 Å². The zero-order valence-corrected chi connectivity index (χ0v) is 11.7. The largest absolute Gasteiger partial charge is 0.281 e. The highest BCUT2D eigenvalue weighted by Crippen LogP contribution is 2.31. The van der Waals surface area contributed by atoms with E-state index in [2.05, 4.69) is 10.8 Å². The molecule has 5 nitrogen and oxygen atoms in total. The first-order chi connectivity index (χ1) is 8.49. The Balaban J connectivity index is 2.13. The van der Waals surface area contributed by atoms with Crippen LogP contribution < -0.4 is 4.72 Å². The lowest BCUT2D eigenvalue weighted by molar-refractivity contribution is 0.261. The summed E-state index contributed by atoms with van der Waals surface area (Å²) in [5.74, 6) is 0. The third-order valence-corrected chi connectivity index (χ3v) is 5.85. The topological polar surface area (TPSA) is 73.2 Å². The molecule has 1 saturated heterocycles. The van der Waals surface area contributed by atoms with Crippen molar-refractivity contribution in [2.75, 3.05) is 6.54 Å². The maximum Gasteiger partial charge on any atom is 0.281 e. The Bertz CT molecular complexity index is 435. The van der Waals surface area contributed by atoms with Crippen LogP contribution in [0.25, 0.3) is 0 Å². The standard InChI is InChI=1S/C12H21N3O2S/c1-11-6-2-5-9-15(11)18(16,17)14-12(10-13)7-3-4-8-12/h11,14H,2-9H2,1H3. The first kappa shape index (κ1) is 13.8. The molecule has 1 heterocycles. The van der Waals surface area contributed by atoms with Crippen LogP contribution in [0.4, 0.5) is 0 Å². The normalized spacial score (nSPS) is 29.0. The Labute approximate surface area is 109 Å². The molecule has 1 N–H and O–H groups in total. The molecule has 2 rings (SSSR count). The van der Waals surface area contributed by atoms with Crippen LogP contribution in [-0.4, -0.2) is 30.8 Å². The minimum Gasteiger partial charge on any atom is -0.196 e. The first-order valence-electron chi connectivity index (χ1n) is 6.71. The number of hydrogen-bond acceptors (Lipinski definition) is 3. The molecule has 6 heteroatoms. The molecule has 0 aromatic carbocycles. The first-order valence-corrected chi connectivity index (χ1v) is 8.15. The minimum atomic E-state index is -3.53. The molecule has 0 bridgehead atoms. The van der Waals surface area contributed by atoms with Gasteiger partial charge in [-0.3, -0.25) is 0 Å². The summed E-state index contributed by atoms with van der Waals surface area (Å²) in [6.07, 6.45) is 6.00. The summed E-state index contributed by atoms with van der Waals surface area (Å²) in [7, 11) is -3.53. The predicted molar refractivity (Wildman–Crippen MR) is 68.9 cm³/mol. The van der Waals surface area contributed by atoms with Gasteiger partial charge in [0, 0.05) is 12.6 Å². The summed E-state index contributed by atoms with van der Waals surface area (Å²) in [6.45, 7) is 2.50. The van der Waals surface area contributed by atoms with Gasteiger partial charge in [-0.1, -0.05) is 19.3 Å². The average molecular weight is 271 g/mol. The molecule has 1 saturated carbocycles. The van der Waals surface area contributed by atoms with E-state index < -0.39 is 15.7 Å². The molecule has 18 heavy (non-hydrogen) atoms. The van der Waals surface area contributed by atoms with Crippen LogP contribution in [0.15, 0.2) is 0 Å². The quantitative estimate of drug-likeness (QED) is 0.846. The van der Waals surface area contributed by atoms with Crippen LogP contribution in [0, 0.1) is 11.3 Å². The van der Waals surface area contributed by atoms with E-state index in [0.29, 0.717) is 19.4 Å². The monoisotopic (exact) mass is 271 g/mol. The van der Waals surface area contributed by atoms with Gasteiger partial charge in [0.05, 0.1) is 6.07 Å². The summed E-state index contributed by atoms with van der Waals surface area (Å²) in [5.41, 5.74) is -0.865. The summed E-state index contributed by atoms with van der Waals surface area (Å²) in [5, 5.41) is 9.25. The molecular formula is C12H21N3O2S. The van der Waals surface area contributed by atoms with Gasteiger partial charge < -0.3 is 0 Å². The van der Waals surface area contributed by atoms with Crippen molar-refractivity contribution in [2.24, 2.45) is 0 Å². The molecule has 1 aliphatic carbocycles. The number of hydrogen-bond donors (Lipinski definition) is 1. The Kier molecular flexibility index (Phi) is 3.95. The molecule has 0 aromatic heterocycles. The van der Waals surface area contributed by atoms with Crippen molar-refractivity contribution in [2.45, 2.75) is 63.5 Å². The van der Waals surface area contributed by atoms with Crippen LogP contribution in [0.2, 0.25) is 0 Å². The molecule has 1 unspecified atom stereocenters. The van der Waals surface area contributed by atoms with Gasteiger partial charge in [-0.15, -0.1) is 0 Å². The van der Waals surface area contributed by atoms with Crippen molar-refractivity contribution in [1.82, 2.24) is 9.03 Å². The molecule has 0 amide bonds. The Morgan fingerprint density at radius 1 is 1.28 bits per heavy atom. The smallest absolute Gasteiger partial charge is 0.196 e. The van der Waals surface area contributed by atoms with Crippen molar-refractivity contribution < 1.29 is 8.42 Å². The van der Waals surface area contributed by atoms with Gasteiger partial charge in [0.25, 0.3) is 10.2 Å². The Morgan fingerprint density at radius 3 is 2.50 bits per heavy atom. The van der Waals surface area contributed by atoms with Crippen LogP contribution in [0.5, 0.6) is 0 Å². The average Bonchev–Trinajstić information content (AvgIpc) is 2.78. The Morgan fingerprint density at radius 2 is 1.94 bits per heavy atom. The second kappa shape index (κ2) is 5.16. The SMILES string of the molecule is CC1CCCCN1S(=O)(=O)NC1(C#N)CCCC1. The molecule has 0 aromatic rings. The van der Waals surface area contributed by atoms with Crippen molar-refractivity contribution in [1.29, 1.82) is 5.26 Å². The van der Waals surface area contributed by atoms with E-state index in [-0.39, 0.29) is 6.04 Å². The van der Waals surface area contributed by atoms with Crippen molar-refractivity contribution in [3.63, 3.8) is 0 Å². The highest BCUT2D eigenvalue weighted by Gasteiger charge is 2.41. The fourth-order valence-electron chi connectivity index (χ4n) is 2.95. The van der Waals surface area contributed by atoms with Gasteiger partial charge in [0.15, 0.2) is 0 Å². The van der Waals surface area contributed by atoms with Gasteiger partial charge in [-0.05, 0) is 32.6 Å². The summed E-state index contributed by atoms with van der Waals surface area (Å²) in [4.78, 5) is 0. The second-order valence-corrected chi connectivity index (χ2v) is 7.09. The molecule has 102 valence electrons. The zero-order chi connectivity index (χ0) is 13.2. The number of nitrogens with zero attached hydrogens (tertiary/aromatic N) is 2. The lowest BCUT2D eigenvalue weighted by atomic mass is 10.0. The number of rotatable bonds is 3. The Hall–Kier alpha value is -0.640. The van der Waals surface area contributed by atoms with Crippen LogP contribution >= 0.6 is 0 Å². The van der Waals surface area contributed by atoms with Crippen molar-refractivity contribution >= 4 is 10.2 Å². The number of nitriles is 1. The van der Waals surface area contributed by atoms with Crippen LogP contribution in [0.3, 0.4) is 0 Å². The number of nitrogens with one attached hydrogen (secondary N) is 1. The van der Waals surface area contributed by atoms with Gasteiger partial charge >= 0.3 is 0 Å². The predicted octanol–water partition coefficient (Wildman–Crippen LogP) is 1.53. The van der Waals surface area contributed by atoms with Gasteiger partial charge in [-0.2, -0.15) is 22.7 Å². The van der Waals surface area contributed by atoms with E-state index in [1.807, 2.05) is 6.92 Å². The lowest BCUT2D eigenvalue weighted by Gasteiger charge is -2.34. The molecule has 2 aliphatic rings. The van der Waals surface area contributed by atoms with Crippen molar-refractivity contribution in [3.05, 3.63) is 0 Å². The lowest BCUT2D eigenvalue weighted by Crippen LogP contribution is -2.54. The third kappa shape index (κ3) is 2.68. The van der Waals surface area contributed by atoms with E-state index in [0.717, 1.165) is 32.1 Å². The van der Waals surface area contributed by atoms with E-state index in [1.165, 1.54) is 4.31 Å². The molecule has 2 fully saturated rings. The maximum absolute atomic E-state index is 12.4. The zero-order valence-electron chi connectivity index (χ0n) is 10.9. The summed E-state index contributed by atoms with van der Waals surface area (Å²) in [6, 6.07) is 2.21. The second-order valence-electron chi connectivity index (χ2n) is 5.46. The molecular weight excluding hydrogens is 250 g/mol. The number of piperidine rings is 1. The van der Waals surface area contributed by atoms with Gasteiger partial charge in [0.2, 0.25) is 0 Å². The molecule has 1 aliphatic heterocycles. The molecule has 0 spiro atoms. The van der Waals surface area contributed by atoms with E-state index in [4.69, 9.17) is 0 Å². The highest BCUT2D eigenvalue weighted by molar-refractivity contribution is 7.87. The van der Waals surface area contributed by atoms with E-state index in [1.54, 1.807) is 0 Å². The summed E-state index contributed by atoms with van der Waals surface area (Å²) < 4.78 is 28.9. The fraction of sp³-hybridized carbons (Fsp3) is 0.917. The molecule has 0 radical (unpaired) electrons. The van der Waals surface area contributed by atoms with Crippen molar-refractivity contribution in [3.8, 4) is 6.07 Å². The van der Waals surface area contributed by atoms with Crippen LogP contribution in [0.1, 0.15) is 51.9 Å². The minimum absolute atomic E-state index is 0.0356. The van der Waals surface area contributed by atoms with E-state index in [9.17, 15) is 13.7 Å². The molecule has 1 atom stereocenters. The van der Waals surface area contributed by atoms with E-state index >= 15 is 0 Å². The summed E-state index contributed by atoms with van der Waals surface area (Å²) >= 11 is 0. The van der Waals surface area contributed by atoms with Gasteiger partial charge in [-0.25, -0.2) is 0 Å². The van der Waals surface area contributed by atoms with Crippen LogP contribution in [-0.2, 0) is 10.2 Å². The third-order valence-electron chi connectivity index (χ3n) is 4.05. The highest BCUT2D eigenvalue weighted by atomic mass is 32.2.